The van der Waals surface area contributed by atoms with Crippen molar-refractivity contribution in [2.24, 2.45) is 5.92 Å². The van der Waals surface area contributed by atoms with Crippen LogP contribution >= 0.6 is 0 Å². The first kappa shape index (κ1) is 15.2. The molecule has 2 rings (SSSR count). The molecular weight excluding hydrogens is 288 g/mol. The number of rotatable bonds is 5. The van der Waals surface area contributed by atoms with E-state index in [9.17, 15) is 22.3 Å². The number of hydrogen-bond acceptors (Lipinski definition) is 4. The third-order valence-corrected chi connectivity index (χ3v) is 4.98. The number of nitrogens with zero attached hydrogens (tertiary/aromatic N) is 1. The van der Waals surface area contributed by atoms with Crippen LogP contribution in [0.4, 0.5) is 14.5 Å². The van der Waals surface area contributed by atoms with Gasteiger partial charge >= 0.3 is 5.76 Å². The SMILES string of the molecule is CN(CC1CC(O)C1)c1ccc(S(=O)(=O)C(F)F)cc1. The highest BCUT2D eigenvalue weighted by Gasteiger charge is 2.29. The predicted octanol–water partition coefficient (Wildman–Crippen LogP) is 1.89. The van der Waals surface area contributed by atoms with E-state index in [1.165, 1.54) is 24.3 Å². The fraction of sp³-hybridized carbons (Fsp3) is 0.538. The summed E-state index contributed by atoms with van der Waals surface area (Å²) in [5.74, 6) is -2.98. The molecule has 0 aliphatic heterocycles. The number of hydrogen-bond donors (Lipinski definition) is 1. The third-order valence-electron chi connectivity index (χ3n) is 3.58. The Hall–Kier alpha value is -1.21. The minimum Gasteiger partial charge on any atom is -0.393 e. The van der Waals surface area contributed by atoms with Crippen LogP contribution < -0.4 is 4.90 Å². The van der Waals surface area contributed by atoms with E-state index in [4.69, 9.17) is 0 Å². The Morgan fingerprint density at radius 1 is 1.30 bits per heavy atom. The van der Waals surface area contributed by atoms with Gasteiger partial charge in [-0.3, -0.25) is 0 Å². The number of aliphatic hydroxyl groups excluding tert-OH is 1. The van der Waals surface area contributed by atoms with Gasteiger partial charge in [-0.25, -0.2) is 8.42 Å². The van der Waals surface area contributed by atoms with Crippen molar-refractivity contribution in [1.82, 2.24) is 0 Å². The molecule has 0 saturated heterocycles. The molecule has 0 amide bonds. The maximum atomic E-state index is 12.4. The highest BCUT2D eigenvalue weighted by atomic mass is 32.2. The van der Waals surface area contributed by atoms with E-state index < -0.39 is 15.6 Å². The molecule has 0 aromatic heterocycles. The van der Waals surface area contributed by atoms with Crippen LogP contribution in [0.15, 0.2) is 29.2 Å². The molecule has 1 aromatic carbocycles. The van der Waals surface area contributed by atoms with E-state index in [1.54, 1.807) is 0 Å². The Morgan fingerprint density at radius 3 is 2.30 bits per heavy atom. The normalized spacial score (nSPS) is 22.6. The predicted molar refractivity (Wildman–Crippen MR) is 71.6 cm³/mol. The topological polar surface area (TPSA) is 57.6 Å². The van der Waals surface area contributed by atoms with Crippen LogP contribution in [0.5, 0.6) is 0 Å². The molecule has 20 heavy (non-hydrogen) atoms. The second-order valence-electron chi connectivity index (χ2n) is 5.17. The number of halogens is 2. The summed E-state index contributed by atoms with van der Waals surface area (Å²) in [5.41, 5.74) is 0.764. The van der Waals surface area contributed by atoms with Crippen LogP contribution in [0.1, 0.15) is 12.8 Å². The molecule has 0 heterocycles. The number of benzene rings is 1. The highest BCUT2D eigenvalue weighted by molar-refractivity contribution is 7.91. The zero-order valence-electron chi connectivity index (χ0n) is 11.0. The molecule has 0 bridgehead atoms. The Kier molecular flexibility index (Phi) is 4.29. The van der Waals surface area contributed by atoms with Gasteiger partial charge < -0.3 is 10.0 Å². The zero-order valence-corrected chi connectivity index (χ0v) is 11.9. The summed E-state index contributed by atoms with van der Waals surface area (Å²) in [6.07, 6.45) is 1.32. The van der Waals surface area contributed by atoms with Crippen molar-refractivity contribution in [3.63, 3.8) is 0 Å². The van der Waals surface area contributed by atoms with E-state index in [0.29, 0.717) is 5.92 Å². The number of alkyl halides is 2. The smallest absolute Gasteiger partial charge is 0.341 e. The summed E-state index contributed by atoms with van der Waals surface area (Å²) in [6, 6.07) is 5.43. The summed E-state index contributed by atoms with van der Waals surface area (Å²) >= 11 is 0. The average Bonchev–Trinajstić information content (AvgIpc) is 2.36. The molecule has 4 nitrogen and oxygen atoms in total. The van der Waals surface area contributed by atoms with Crippen LogP contribution in [0, 0.1) is 5.92 Å². The molecule has 1 aliphatic rings. The van der Waals surface area contributed by atoms with Crippen LogP contribution in [-0.2, 0) is 9.84 Å². The third kappa shape index (κ3) is 3.09. The fourth-order valence-electron chi connectivity index (χ4n) is 2.34. The molecular formula is C13H17F2NO3S. The Labute approximate surface area is 116 Å². The van der Waals surface area contributed by atoms with Crippen LogP contribution in [0.2, 0.25) is 0 Å². The lowest BCUT2D eigenvalue weighted by molar-refractivity contribution is 0.0465. The second-order valence-corrected chi connectivity index (χ2v) is 7.09. The Balaban J connectivity index is 2.04. The van der Waals surface area contributed by atoms with Gasteiger partial charge in [-0.2, -0.15) is 8.78 Å². The van der Waals surface area contributed by atoms with Crippen LogP contribution in [-0.4, -0.2) is 39.0 Å². The van der Waals surface area contributed by atoms with Gasteiger partial charge in [0.1, 0.15) is 0 Å². The van der Waals surface area contributed by atoms with E-state index in [-0.39, 0.29) is 11.0 Å². The lowest BCUT2D eigenvalue weighted by Gasteiger charge is -2.35. The number of aliphatic hydroxyl groups is 1. The standard InChI is InChI=1S/C13H17F2NO3S/c1-16(8-9-6-11(17)7-9)10-2-4-12(5-3-10)20(18,19)13(14)15/h2-5,9,11,13,17H,6-8H2,1H3. The minimum absolute atomic E-state index is 0.216. The van der Waals surface area contributed by atoms with Crippen molar-refractivity contribution < 1.29 is 22.3 Å². The molecule has 0 unspecified atom stereocenters. The molecule has 112 valence electrons. The molecule has 1 N–H and O–H groups in total. The van der Waals surface area contributed by atoms with Gasteiger partial charge in [0.15, 0.2) is 0 Å². The molecule has 0 radical (unpaired) electrons. The molecule has 1 fully saturated rings. The van der Waals surface area contributed by atoms with E-state index in [1.807, 2.05) is 11.9 Å². The highest BCUT2D eigenvalue weighted by Crippen LogP contribution is 2.29. The minimum atomic E-state index is -4.53. The summed E-state index contributed by atoms with van der Waals surface area (Å²) in [4.78, 5) is 1.55. The first-order valence-electron chi connectivity index (χ1n) is 6.32. The van der Waals surface area contributed by atoms with Crippen LogP contribution in [0.25, 0.3) is 0 Å². The zero-order chi connectivity index (χ0) is 14.9. The van der Waals surface area contributed by atoms with Crippen molar-refractivity contribution in [2.75, 3.05) is 18.5 Å². The summed E-state index contributed by atoms with van der Waals surface area (Å²) in [5, 5.41) is 9.22. The van der Waals surface area contributed by atoms with Gasteiger partial charge in [-0.15, -0.1) is 0 Å². The van der Waals surface area contributed by atoms with Gasteiger partial charge in [-0.1, -0.05) is 0 Å². The number of anilines is 1. The van der Waals surface area contributed by atoms with Gasteiger partial charge in [0.2, 0.25) is 9.84 Å². The molecule has 1 aromatic rings. The maximum absolute atomic E-state index is 12.4. The molecule has 0 spiro atoms. The van der Waals surface area contributed by atoms with Gasteiger partial charge in [0, 0.05) is 19.3 Å². The van der Waals surface area contributed by atoms with Crippen molar-refractivity contribution in [3.05, 3.63) is 24.3 Å². The average molecular weight is 305 g/mol. The molecule has 7 heteroatoms. The van der Waals surface area contributed by atoms with Crippen molar-refractivity contribution >= 4 is 15.5 Å². The molecule has 1 aliphatic carbocycles. The molecule has 0 atom stereocenters. The fourth-order valence-corrected chi connectivity index (χ4v) is 3.06. The lowest BCUT2D eigenvalue weighted by atomic mass is 9.82. The summed E-state index contributed by atoms with van der Waals surface area (Å²) in [6.45, 7) is 0.748. The van der Waals surface area contributed by atoms with Gasteiger partial charge in [0.05, 0.1) is 11.0 Å². The first-order chi connectivity index (χ1) is 9.30. The first-order valence-corrected chi connectivity index (χ1v) is 7.86. The molecule has 1 saturated carbocycles. The number of sulfone groups is 1. The van der Waals surface area contributed by atoms with E-state index in [0.717, 1.165) is 25.1 Å². The van der Waals surface area contributed by atoms with Crippen molar-refractivity contribution in [3.8, 4) is 0 Å². The summed E-state index contributed by atoms with van der Waals surface area (Å²) < 4.78 is 47.4. The van der Waals surface area contributed by atoms with E-state index in [2.05, 4.69) is 0 Å². The lowest BCUT2D eigenvalue weighted by Crippen LogP contribution is -2.37. The maximum Gasteiger partial charge on any atom is 0.341 e. The van der Waals surface area contributed by atoms with Crippen LogP contribution in [0.3, 0.4) is 0 Å². The largest absolute Gasteiger partial charge is 0.393 e. The monoisotopic (exact) mass is 305 g/mol. The summed E-state index contributed by atoms with van der Waals surface area (Å²) in [7, 11) is -2.68. The van der Waals surface area contributed by atoms with Crippen molar-refractivity contribution in [2.45, 2.75) is 29.6 Å². The van der Waals surface area contributed by atoms with Gasteiger partial charge in [0.25, 0.3) is 0 Å². The Morgan fingerprint density at radius 2 is 1.85 bits per heavy atom. The Bertz CT molecular complexity index is 553. The van der Waals surface area contributed by atoms with E-state index >= 15 is 0 Å². The second kappa shape index (κ2) is 5.65. The quantitative estimate of drug-likeness (QED) is 0.902. The van der Waals surface area contributed by atoms with Crippen molar-refractivity contribution in [1.29, 1.82) is 0 Å². The van der Waals surface area contributed by atoms with Gasteiger partial charge in [-0.05, 0) is 43.0 Å².